The number of nitrogen functional groups attached to an aromatic ring is 1. The molecule has 1 aliphatic rings. The largest absolute Gasteiger partial charge is 0.493 e. The SMILES string of the molecule is COc1cc(/C=N/NC(=O)c2nnn(-c3nonc3N)c2CN2CCC(C)CC2)ccc1OCCc1ccccc1. The molecule has 13 nitrogen and oxygen atoms in total. The molecule has 1 aliphatic heterocycles. The summed E-state index contributed by atoms with van der Waals surface area (Å²) in [7, 11) is 1.58. The molecule has 0 saturated carbocycles. The first kappa shape index (κ1) is 27.8. The van der Waals surface area contributed by atoms with Crippen LogP contribution in [0.3, 0.4) is 0 Å². The van der Waals surface area contributed by atoms with E-state index in [0.29, 0.717) is 41.8 Å². The van der Waals surface area contributed by atoms with E-state index in [1.165, 1.54) is 16.5 Å². The second kappa shape index (κ2) is 13.0. The lowest BCUT2D eigenvalue weighted by Gasteiger charge is -2.30. The molecule has 0 bridgehead atoms. The molecule has 0 radical (unpaired) electrons. The smallest absolute Gasteiger partial charge is 0.293 e. The highest BCUT2D eigenvalue weighted by atomic mass is 16.6. The number of nitrogens with one attached hydrogen (secondary N) is 1. The van der Waals surface area contributed by atoms with Gasteiger partial charge in [0, 0.05) is 13.0 Å². The predicted octanol–water partition coefficient (Wildman–Crippen LogP) is 2.86. The number of likely N-dealkylation sites (tertiary alicyclic amines) is 1. The van der Waals surface area contributed by atoms with E-state index in [1.54, 1.807) is 13.2 Å². The number of nitrogens with two attached hydrogens (primary N) is 1. The van der Waals surface area contributed by atoms with Gasteiger partial charge in [0.2, 0.25) is 11.6 Å². The molecule has 1 amide bonds. The summed E-state index contributed by atoms with van der Waals surface area (Å²) in [6.07, 6.45) is 4.44. The molecule has 1 fully saturated rings. The van der Waals surface area contributed by atoms with Crippen molar-refractivity contribution in [3.63, 3.8) is 0 Å². The third-order valence-electron chi connectivity index (χ3n) is 6.98. The summed E-state index contributed by atoms with van der Waals surface area (Å²) >= 11 is 0. The maximum absolute atomic E-state index is 13.1. The Morgan fingerprint density at radius 2 is 1.98 bits per heavy atom. The molecule has 2 aromatic heterocycles. The summed E-state index contributed by atoms with van der Waals surface area (Å²) in [4.78, 5) is 15.4. The molecule has 13 heteroatoms. The molecule has 0 atom stereocenters. The lowest BCUT2D eigenvalue weighted by atomic mass is 9.99. The van der Waals surface area contributed by atoms with Crippen LogP contribution in [-0.4, -0.2) is 69.1 Å². The van der Waals surface area contributed by atoms with Gasteiger partial charge in [0.15, 0.2) is 17.2 Å². The van der Waals surface area contributed by atoms with Crippen molar-refractivity contribution in [2.24, 2.45) is 11.0 Å². The number of aromatic nitrogens is 5. The van der Waals surface area contributed by atoms with Gasteiger partial charge < -0.3 is 15.2 Å². The number of benzene rings is 2. The molecule has 4 aromatic rings. The van der Waals surface area contributed by atoms with Crippen LogP contribution in [0.1, 0.15) is 47.1 Å². The fraction of sp³-hybridized carbons (Fsp3) is 0.357. The van der Waals surface area contributed by atoms with Crippen molar-refractivity contribution in [3.8, 4) is 17.3 Å². The summed E-state index contributed by atoms with van der Waals surface area (Å²) in [5, 5.41) is 19.8. The third-order valence-corrected chi connectivity index (χ3v) is 6.98. The number of piperidine rings is 1. The number of amides is 1. The highest BCUT2D eigenvalue weighted by Gasteiger charge is 2.26. The van der Waals surface area contributed by atoms with Crippen LogP contribution in [0.2, 0.25) is 0 Å². The Bertz CT molecular complexity index is 1480. The molecule has 3 N–H and O–H groups in total. The Morgan fingerprint density at radius 3 is 2.71 bits per heavy atom. The normalized spacial score (nSPS) is 14.4. The number of anilines is 1. The fourth-order valence-electron chi connectivity index (χ4n) is 4.59. The molecule has 0 unspecified atom stereocenters. The number of carbonyl (C=O) groups excluding carboxylic acids is 1. The van der Waals surface area contributed by atoms with Crippen LogP contribution >= 0.6 is 0 Å². The first-order valence-corrected chi connectivity index (χ1v) is 13.4. The van der Waals surface area contributed by atoms with E-state index in [0.717, 1.165) is 32.4 Å². The van der Waals surface area contributed by atoms with E-state index in [4.69, 9.17) is 19.8 Å². The summed E-state index contributed by atoms with van der Waals surface area (Å²) in [6, 6.07) is 15.5. The number of hydrogen-bond donors (Lipinski definition) is 2. The van der Waals surface area contributed by atoms with E-state index in [1.807, 2.05) is 30.3 Å². The van der Waals surface area contributed by atoms with Gasteiger partial charge >= 0.3 is 0 Å². The Balaban J connectivity index is 1.25. The van der Waals surface area contributed by atoms with Crippen molar-refractivity contribution < 1.29 is 18.9 Å². The minimum absolute atomic E-state index is 0.0508. The van der Waals surface area contributed by atoms with Gasteiger partial charge in [-0.05, 0) is 71.5 Å². The maximum atomic E-state index is 13.1. The summed E-state index contributed by atoms with van der Waals surface area (Å²) in [6.45, 7) is 4.97. The van der Waals surface area contributed by atoms with Crippen molar-refractivity contribution in [1.29, 1.82) is 0 Å². The Morgan fingerprint density at radius 1 is 1.17 bits per heavy atom. The monoisotopic (exact) mass is 559 g/mol. The van der Waals surface area contributed by atoms with E-state index in [-0.39, 0.29) is 17.3 Å². The van der Waals surface area contributed by atoms with E-state index < -0.39 is 5.91 Å². The molecule has 0 spiro atoms. The molecule has 0 aliphatic carbocycles. The number of ether oxygens (including phenoxy) is 2. The third kappa shape index (κ3) is 6.87. The average molecular weight is 560 g/mol. The van der Waals surface area contributed by atoms with Crippen LogP contribution < -0.4 is 20.6 Å². The first-order valence-electron chi connectivity index (χ1n) is 13.4. The van der Waals surface area contributed by atoms with Crippen molar-refractivity contribution in [3.05, 3.63) is 71.0 Å². The minimum Gasteiger partial charge on any atom is -0.493 e. The second-order valence-electron chi connectivity index (χ2n) is 9.92. The minimum atomic E-state index is -0.518. The topological polar surface area (TPSA) is 159 Å². The zero-order valence-corrected chi connectivity index (χ0v) is 23.1. The molecule has 5 rings (SSSR count). The van der Waals surface area contributed by atoms with Crippen molar-refractivity contribution in [1.82, 2.24) is 35.6 Å². The van der Waals surface area contributed by atoms with Gasteiger partial charge in [-0.3, -0.25) is 9.69 Å². The van der Waals surface area contributed by atoms with E-state index >= 15 is 0 Å². The zero-order chi connectivity index (χ0) is 28.6. The molecule has 2 aromatic carbocycles. The highest BCUT2D eigenvalue weighted by Crippen LogP contribution is 2.28. The number of hydrazone groups is 1. The van der Waals surface area contributed by atoms with Crippen LogP contribution in [0.25, 0.3) is 5.82 Å². The quantitative estimate of drug-likeness (QED) is 0.207. The van der Waals surface area contributed by atoms with Crippen LogP contribution in [0, 0.1) is 5.92 Å². The van der Waals surface area contributed by atoms with E-state index in [9.17, 15) is 4.79 Å². The number of nitrogens with zero attached hydrogens (tertiary/aromatic N) is 7. The van der Waals surface area contributed by atoms with Crippen LogP contribution in [0.15, 0.2) is 58.3 Å². The molecule has 41 heavy (non-hydrogen) atoms. The molecular formula is C28H33N9O4. The van der Waals surface area contributed by atoms with Crippen LogP contribution in [-0.2, 0) is 13.0 Å². The van der Waals surface area contributed by atoms with Gasteiger partial charge in [0.1, 0.15) is 0 Å². The van der Waals surface area contributed by atoms with Gasteiger partial charge in [0.25, 0.3) is 5.91 Å². The predicted molar refractivity (Wildman–Crippen MR) is 151 cm³/mol. The number of hydrogen-bond acceptors (Lipinski definition) is 11. The molecule has 3 heterocycles. The van der Waals surface area contributed by atoms with Gasteiger partial charge in [-0.25, -0.2) is 10.1 Å². The Hall–Kier alpha value is -4.78. The number of methoxy groups -OCH3 is 1. The van der Waals surface area contributed by atoms with Crippen LogP contribution in [0.4, 0.5) is 5.82 Å². The Labute approximate surface area is 237 Å². The molecule has 1 saturated heterocycles. The summed E-state index contributed by atoms with van der Waals surface area (Å²) in [5.41, 5.74) is 11.0. The van der Waals surface area contributed by atoms with Gasteiger partial charge in [-0.15, -0.1) is 5.10 Å². The Kier molecular flexibility index (Phi) is 8.84. The van der Waals surface area contributed by atoms with Crippen LogP contribution in [0.5, 0.6) is 11.5 Å². The van der Waals surface area contributed by atoms with Gasteiger partial charge in [-0.1, -0.05) is 42.5 Å². The van der Waals surface area contributed by atoms with Crippen molar-refractivity contribution in [2.45, 2.75) is 32.7 Å². The lowest BCUT2D eigenvalue weighted by Crippen LogP contribution is -2.34. The standard InChI is InChI=1S/C28H33N9O4/c1-19-10-13-36(14-11-19)18-22-25(31-35-37(22)27-26(29)33-41-34-27)28(38)32-30-17-21-8-9-23(24(16-21)39-2)40-15-12-20-6-4-3-5-7-20/h3-9,16-17,19H,10-15,18H2,1-2H3,(H2,29,33)(H,32,38)/b30-17+. The number of rotatable bonds is 11. The maximum Gasteiger partial charge on any atom is 0.293 e. The lowest BCUT2D eigenvalue weighted by molar-refractivity contribution is 0.0946. The fourth-order valence-corrected chi connectivity index (χ4v) is 4.59. The van der Waals surface area contributed by atoms with Crippen molar-refractivity contribution in [2.75, 3.05) is 32.5 Å². The van der Waals surface area contributed by atoms with Gasteiger partial charge in [-0.2, -0.15) is 9.78 Å². The highest BCUT2D eigenvalue weighted by molar-refractivity contribution is 5.94. The van der Waals surface area contributed by atoms with E-state index in [2.05, 4.69) is 55.1 Å². The summed E-state index contributed by atoms with van der Waals surface area (Å²) in [5.74, 6) is 1.56. The van der Waals surface area contributed by atoms with Gasteiger partial charge in [0.05, 0.1) is 25.6 Å². The average Bonchev–Trinajstić information content (AvgIpc) is 3.60. The number of carbonyl (C=O) groups is 1. The summed E-state index contributed by atoms with van der Waals surface area (Å²) < 4.78 is 17.6. The van der Waals surface area contributed by atoms with Crippen molar-refractivity contribution >= 4 is 17.9 Å². The molecule has 214 valence electrons. The molecular weight excluding hydrogens is 526 g/mol. The first-order chi connectivity index (χ1) is 20.0. The zero-order valence-electron chi connectivity index (χ0n) is 23.1. The second-order valence-corrected chi connectivity index (χ2v) is 9.92.